The van der Waals surface area contributed by atoms with Crippen molar-refractivity contribution in [1.82, 2.24) is 25.2 Å². The Bertz CT molecular complexity index is 1350. The zero-order valence-electron chi connectivity index (χ0n) is 20.3. The van der Waals surface area contributed by atoms with Gasteiger partial charge in [-0.2, -0.15) is 0 Å². The number of hydrogen-bond acceptors (Lipinski definition) is 5. The second kappa shape index (κ2) is 11.3. The first-order valence-corrected chi connectivity index (χ1v) is 12.3. The summed E-state index contributed by atoms with van der Waals surface area (Å²) in [5.74, 6) is -0.994. The Labute approximate surface area is 214 Å². The second-order valence-electron chi connectivity index (χ2n) is 9.08. The van der Waals surface area contributed by atoms with Crippen molar-refractivity contribution in [3.8, 4) is 0 Å². The summed E-state index contributed by atoms with van der Waals surface area (Å²) >= 11 is 0. The average Bonchev–Trinajstić information content (AvgIpc) is 3.59. The minimum atomic E-state index is -0.907. The molecular weight excluding hydrogens is 473 g/mol. The van der Waals surface area contributed by atoms with Crippen molar-refractivity contribution < 1.29 is 18.7 Å². The summed E-state index contributed by atoms with van der Waals surface area (Å²) in [6.45, 7) is 1.06. The minimum absolute atomic E-state index is 0.0388. The lowest BCUT2D eigenvalue weighted by molar-refractivity contribution is -0.142. The van der Waals surface area contributed by atoms with Gasteiger partial charge >= 0.3 is 0 Å². The maximum Gasteiger partial charge on any atom is 0.247 e. The van der Waals surface area contributed by atoms with Crippen molar-refractivity contribution in [3.63, 3.8) is 0 Å². The molecule has 4 aromatic rings. The van der Waals surface area contributed by atoms with E-state index >= 15 is 0 Å². The number of aromatic nitrogens is 3. The zero-order chi connectivity index (χ0) is 25.6. The highest BCUT2D eigenvalue weighted by Crippen LogP contribution is 2.25. The summed E-state index contributed by atoms with van der Waals surface area (Å²) in [5.41, 5.74) is 2.77. The number of carbonyl (C=O) groups is 2. The van der Waals surface area contributed by atoms with E-state index in [-0.39, 0.29) is 36.8 Å². The van der Waals surface area contributed by atoms with Gasteiger partial charge in [0.25, 0.3) is 0 Å². The molecule has 0 aliphatic carbocycles. The number of nitrogens with zero attached hydrogens (tertiary/aromatic N) is 4. The van der Waals surface area contributed by atoms with Gasteiger partial charge in [0, 0.05) is 19.7 Å². The molecule has 1 N–H and O–H groups in total. The van der Waals surface area contributed by atoms with Gasteiger partial charge in [-0.15, -0.1) is 5.10 Å². The van der Waals surface area contributed by atoms with Gasteiger partial charge in [-0.1, -0.05) is 59.8 Å². The summed E-state index contributed by atoms with van der Waals surface area (Å²) in [5, 5.41) is 11.3. The number of halogens is 1. The third kappa shape index (κ3) is 5.83. The maximum absolute atomic E-state index is 13.9. The molecule has 2 heterocycles. The first-order chi connectivity index (χ1) is 18.1. The van der Waals surface area contributed by atoms with E-state index in [0.717, 1.165) is 18.4 Å². The standard InChI is InChI=1S/C28H28FN5O3/c29-22-14-12-20(13-15-22)18-33(26(35)19-34-25-11-5-4-10-24(25)31-32-34)27(21-7-2-1-3-8-21)28(36)30-17-23-9-6-16-37-23/h1-5,7-8,10-15,23,27H,6,9,16-19H2,(H,30,36)/t23-,27-/m1/s1. The molecule has 1 aliphatic heterocycles. The number of benzene rings is 3. The summed E-state index contributed by atoms with van der Waals surface area (Å²) in [4.78, 5) is 29.0. The molecule has 1 fully saturated rings. The van der Waals surface area contributed by atoms with Crippen LogP contribution in [0.25, 0.3) is 11.0 Å². The number of rotatable bonds is 9. The maximum atomic E-state index is 13.9. The van der Waals surface area contributed by atoms with Crippen molar-refractivity contribution in [2.45, 2.75) is 38.1 Å². The van der Waals surface area contributed by atoms with E-state index in [4.69, 9.17) is 4.74 Å². The average molecular weight is 502 g/mol. The fourth-order valence-corrected chi connectivity index (χ4v) is 4.59. The number of carbonyl (C=O) groups excluding carboxylic acids is 2. The molecule has 1 aliphatic rings. The topological polar surface area (TPSA) is 89.4 Å². The van der Waals surface area contributed by atoms with Crippen LogP contribution in [0.1, 0.15) is 30.0 Å². The Balaban J connectivity index is 1.47. The summed E-state index contributed by atoms with van der Waals surface area (Å²) in [7, 11) is 0. The lowest BCUT2D eigenvalue weighted by atomic mass is 10.0. The summed E-state index contributed by atoms with van der Waals surface area (Å²) in [6, 6.07) is 21.6. The fourth-order valence-electron chi connectivity index (χ4n) is 4.59. The van der Waals surface area contributed by atoms with Crippen LogP contribution in [0.5, 0.6) is 0 Å². The van der Waals surface area contributed by atoms with E-state index in [1.54, 1.807) is 12.1 Å². The first kappa shape index (κ1) is 24.6. The monoisotopic (exact) mass is 501 g/mol. The van der Waals surface area contributed by atoms with Crippen molar-refractivity contribution in [2.24, 2.45) is 0 Å². The number of ether oxygens (including phenoxy) is 1. The highest BCUT2D eigenvalue weighted by Gasteiger charge is 2.32. The third-order valence-corrected chi connectivity index (χ3v) is 6.50. The predicted octanol–water partition coefficient (Wildman–Crippen LogP) is 3.64. The lowest BCUT2D eigenvalue weighted by Gasteiger charge is -2.32. The molecular formula is C28H28FN5O3. The van der Waals surface area contributed by atoms with E-state index in [9.17, 15) is 14.0 Å². The smallest absolute Gasteiger partial charge is 0.247 e. The Morgan fingerprint density at radius 1 is 1.05 bits per heavy atom. The second-order valence-corrected chi connectivity index (χ2v) is 9.08. The quantitative estimate of drug-likeness (QED) is 0.378. The molecule has 9 heteroatoms. The molecule has 5 rings (SSSR count). The SMILES string of the molecule is O=C(NC[C@H]1CCCO1)[C@@H](c1ccccc1)N(Cc1ccc(F)cc1)C(=O)Cn1nnc2ccccc21. The highest BCUT2D eigenvalue weighted by molar-refractivity contribution is 5.89. The van der Waals surface area contributed by atoms with Gasteiger partial charge in [0.2, 0.25) is 11.8 Å². The third-order valence-electron chi connectivity index (χ3n) is 6.50. The van der Waals surface area contributed by atoms with Crippen LogP contribution in [0.3, 0.4) is 0 Å². The van der Waals surface area contributed by atoms with Gasteiger partial charge in [-0.3, -0.25) is 9.59 Å². The van der Waals surface area contributed by atoms with Crippen molar-refractivity contribution in [3.05, 3.63) is 95.8 Å². The molecule has 2 amide bonds. The Morgan fingerprint density at radius 3 is 2.57 bits per heavy atom. The van der Waals surface area contributed by atoms with Gasteiger partial charge in [0.1, 0.15) is 23.9 Å². The van der Waals surface area contributed by atoms with Crippen LogP contribution in [0.4, 0.5) is 4.39 Å². The van der Waals surface area contributed by atoms with Gasteiger partial charge in [-0.25, -0.2) is 9.07 Å². The van der Waals surface area contributed by atoms with E-state index in [1.165, 1.54) is 21.7 Å². The van der Waals surface area contributed by atoms with Crippen LogP contribution in [-0.4, -0.2) is 51.0 Å². The Hall–Kier alpha value is -4.11. The number of nitrogens with one attached hydrogen (secondary N) is 1. The van der Waals surface area contributed by atoms with Crippen molar-refractivity contribution in [1.29, 1.82) is 0 Å². The molecule has 0 saturated carbocycles. The molecule has 1 saturated heterocycles. The summed E-state index contributed by atoms with van der Waals surface area (Å²) < 4.78 is 20.8. The van der Waals surface area contributed by atoms with Gasteiger partial charge < -0.3 is 15.0 Å². The van der Waals surface area contributed by atoms with Crippen molar-refractivity contribution in [2.75, 3.05) is 13.2 Å². The number of hydrogen-bond donors (Lipinski definition) is 1. The van der Waals surface area contributed by atoms with E-state index in [2.05, 4.69) is 15.6 Å². The molecule has 0 unspecified atom stereocenters. The van der Waals surface area contributed by atoms with Crippen LogP contribution in [0.2, 0.25) is 0 Å². The lowest BCUT2D eigenvalue weighted by Crippen LogP contribution is -2.46. The molecule has 0 bridgehead atoms. The summed E-state index contributed by atoms with van der Waals surface area (Å²) in [6.07, 6.45) is 1.81. The van der Waals surface area contributed by atoms with E-state index < -0.39 is 6.04 Å². The molecule has 8 nitrogen and oxygen atoms in total. The predicted molar refractivity (Wildman–Crippen MR) is 136 cm³/mol. The van der Waals surface area contributed by atoms with Crippen LogP contribution in [-0.2, 0) is 27.4 Å². The van der Waals surface area contributed by atoms with Crippen LogP contribution < -0.4 is 5.32 Å². The highest BCUT2D eigenvalue weighted by atomic mass is 19.1. The molecule has 1 aromatic heterocycles. The largest absolute Gasteiger partial charge is 0.376 e. The Morgan fingerprint density at radius 2 is 1.81 bits per heavy atom. The van der Waals surface area contributed by atoms with Gasteiger partial charge in [-0.05, 0) is 48.2 Å². The van der Waals surface area contributed by atoms with Crippen molar-refractivity contribution >= 4 is 22.8 Å². The van der Waals surface area contributed by atoms with E-state index in [0.29, 0.717) is 29.8 Å². The van der Waals surface area contributed by atoms with Crippen LogP contribution in [0, 0.1) is 5.82 Å². The number of para-hydroxylation sites is 1. The minimum Gasteiger partial charge on any atom is -0.376 e. The number of fused-ring (bicyclic) bond motifs is 1. The first-order valence-electron chi connectivity index (χ1n) is 12.3. The zero-order valence-corrected chi connectivity index (χ0v) is 20.3. The molecule has 190 valence electrons. The van der Waals surface area contributed by atoms with Gasteiger partial charge in [0.15, 0.2) is 0 Å². The molecule has 37 heavy (non-hydrogen) atoms. The van der Waals surface area contributed by atoms with Crippen LogP contribution >= 0.6 is 0 Å². The van der Waals surface area contributed by atoms with Gasteiger partial charge in [0.05, 0.1) is 11.6 Å². The molecule has 0 radical (unpaired) electrons. The molecule has 2 atom stereocenters. The Kier molecular flexibility index (Phi) is 7.51. The van der Waals surface area contributed by atoms with E-state index in [1.807, 2.05) is 54.6 Å². The fraction of sp³-hybridized carbons (Fsp3) is 0.286. The number of amides is 2. The van der Waals surface area contributed by atoms with Crippen LogP contribution in [0.15, 0.2) is 78.9 Å². The molecule has 3 aromatic carbocycles. The molecule has 0 spiro atoms. The normalized spacial score (nSPS) is 16.0.